The second-order valence-corrected chi connectivity index (χ2v) is 6.11. The van der Waals surface area contributed by atoms with Crippen LogP contribution in [-0.4, -0.2) is 42.0 Å². The number of pyridine rings is 1. The van der Waals surface area contributed by atoms with Crippen LogP contribution < -0.4 is 5.32 Å². The SMILES string of the molecule is CN(CCCNC(=O)c1cccc(Cl)n1)C1CCCCC1. The predicted octanol–water partition coefficient (Wildman–Crippen LogP) is 3.12. The molecule has 4 nitrogen and oxygen atoms in total. The van der Waals surface area contributed by atoms with Crippen LogP contribution in [0.1, 0.15) is 49.0 Å². The summed E-state index contributed by atoms with van der Waals surface area (Å²) in [5.41, 5.74) is 0.378. The Labute approximate surface area is 131 Å². The lowest BCUT2D eigenvalue weighted by Gasteiger charge is -2.31. The topological polar surface area (TPSA) is 45.2 Å². The average Bonchev–Trinajstić information content (AvgIpc) is 2.52. The number of carbonyl (C=O) groups is 1. The lowest BCUT2D eigenvalue weighted by atomic mass is 9.94. The Balaban J connectivity index is 1.66. The zero-order chi connectivity index (χ0) is 15.1. The van der Waals surface area contributed by atoms with Crippen molar-refractivity contribution >= 4 is 17.5 Å². The molecule has 21 heavy (non-hydrogen) atoms. The average molecular weight is 310 g/mol. The maximum absolute atomic E-state index is 11.9. The fourth-order valence-corrected chi connectivity index (χ4v) is 3.02. The Hall–Kier alpha value is -1.13. The summed E-state index contributed by atoms with van der Waals surface area (Å²) < 4.78 is 0. The first-order valence-electron chi connectivity index (χ1n) is 7.78. The molecular formula is C16H24ClN3O. The van der Waals surface area contributed by atoms with Crippen LogP contribution in [0, 0.1) is 0 Å². The van der Waals surface area contributed by atoms with Crippen LogP contribution in [0.5, 0.6) is 0 Å². The molecule has 0 atom stereocenters. The van der Waals surface area contributed by atoms with Crippen molar-refractivity contribution in [1.82, 2.24) is 15.2 Å². The summed E-state index contributed by atoms with van der Waals surface area (Å²) in [6, 6.07) is 5.80. The molecule has 0 saturated heterocycles. The Morgan fingerprint density at radius 2 is 2.14 bits per heavy atom. The molecule has 0 spiro atoms. The van der Waals surface area contributed by atoms with Crippen molar-refractivity contribution in [2.45, 2.75) is 44.6 Å². The highest BCUT2D eigenvalue weighted by Gasteiger charge is 2.17. The highest BCUT2D eigenvalue weighted by molar-refractivity contribution is 6.29. The van der Waals surface area contributed by atoms with Gasteiger partial charge in [-0.25, -0.2) is 4.98 Å². The van der Waals surface area contributed by atoms with Crippen LogP contribution in [0.25, 0.3) is 0 Å². The summed E-state index contributed by atoms with van der Waals surface area (Å²) in [6.07, 6.45) is 7.68. The van der Waals surface area contributed by atoms with Crippen molar-refractivity contribution in [3.05, 3.63) is 29.0 Å². The Morgan fingerprint density at radius 3 is 2.86 bits per heavy atom. The van der Waals surface area contributed by atoms with Crippen LogP contribution in [0.2, 0.25) is 5.15 Å². The van der Waals surface area contributed by atoms with Crippen LogP contribution in [0.4, 0.5) is 0 Å². The van der Waals surface area contributed by atoms with Crippen LogP contribution in [-0.2, 0) is 0 Å². The number of aromatic nitrogens is 1. The first kappa shape index (κ1) is 16.2. The first-order valence-corrected chi connectivity index (χ1v) is 8.15. The molecule has 0 aromatic carbocycles. The van der Waals surface area contributed by atoms with Gasteiger partial charge < -0.3 is 10.2 Å². The maximum Gasteiger partial charge on any atom is 0.269 e. The molecule has 1 aromatic heterocycles. The molecule has 1 aromatic rings. The minimum absolute atomic E-state index is 0.155. The summed E-state index contributed by atoms with van der Waals surface area (Å²) in [7, 11) is 2.19. The van der Waals surface area contributed by atoms with Gasteiger partial charge in [0, 0.05) is 12.6 Å². The van der Waals surface area contributed by atoms with Crippen molar-refractivity contribution in [2.75, 3.05) is 20.1 Å². The van der Waals surface area contributed by atoms with E-state index in [2.05, 4.69) is 22.2 Å². The fourth-order valence-electron chi connectivity index (χ4n) is 2.86. The van der Waals surface area contributed by atoms with Gasteiger partial charge in [0.15, 0.2) is 0 Å². The van der Waals surface area contributed by atoms with Crippen LogP contribution in [0.15, 0.2) is 18.2 Å². The molecule has 116 valence electrons. The van der Waals surface area contributed by atoms with E-state index in [1.54, 1.807) is 18.2 Å². The van der Waals surface area contributed by atoms with E-state index < -0.39 is 0 Å². The molecule has 1 heterocycles. The van der Waals surface area contributed by atoms with Crippen LogP contribution in [0.3, 0.4) is 0 Å². The molecule has 1 amide bonds. The zero-order valence-corrected chi connectivity index (χ0v) is 13.4. The molecule has 1 saturated carbocycles. The number of nitrogens with one attached hydrogen (secondary N) is 1. The van der Waals surface area contributed by atoms with E-state index in [1.165, 1.54) is 32.1 Å². The van der Waals surface area contributed by atoms with Gasteiger partial charge in [-0.3, -0.25) is 4.79 Å². The molecule has 0 unspecified atom stereocenters. The minimum Gasteiger partial charge on any atom is -0.351 e. The van der Waals surface area contributed by atoms with Crippen molar-refractivity contribution in [3.63, 3.8) is 0 Å². The van der Waals surface area contributed by atoms with Gasteiger partial charge in [-0.05, 0) is 45.0 Å². The molecule has 1 aliphatic carbocycles. The van der Waals surface area contributed by atoms with E-state index in [1.807, 2.05) is 0 Å². The van der Waals surface area contributed by atoms with Gasteiger partial charge >= 0.3 is 0 Å². The molecule has 0 aliphatic heterocycles. The maximum atomic E-state index is 11.9. The van der Waals surface area contributed by atoms with Crippen molar-refractivity contribution in [3.8, 4) is 0 Å². The molecule has 1 fully saturated rings. The Bertz CT molecular complexity index is 461. The highest BCUT2D eigenvalue weighted by atomic mass is 35.5. The highest BCUT2D eigenvalue weighted by Crippen LogP contribution is 2.21. The van der Waals surface area contributed by atoms with E-state index in [9.17, 15) is 4.79 Å². The monoisotopic (exact) mass is 309 g/mol. The lowest BCUT2D eigenvalue weighted by Crippen LogP contribution is -2.36. The van der Waals surface area contributed by atoms with Gasteiger partial charge in [0.05, 0.1) is 0 Å². The van der Waals surface area contributed by atoms with Gasteiger partial charge in [0.2, 0.25) is 0 Å². The summed E-state index contributed by atoms with van der Waals surface area (Å²) in [5.74, 6) is -0.155. The van der Waals surface area contributed by atoms with E-state index >= 15 is 0 Å². The minimum atomic E-state index is -0.155. The van der Waals surface area contributed by atoms with E-state index in [0.29, 0.717) is 17.4 Å². The Kier molecular flexibility index (Phi) is 6.46. The quantitative estimate of drug-likeness (QED) is 0.648. The number of hydrogen-bond donors (Lipinski definition) is 1. The molecule has 2 rings (SSSR count). The normalized spacial score (nSPS) is 16.1. The predicted molar refractivity (Wildman–Crippen MR) is 85.7 cm³/mol. The molecule has 1 N–H and O–H groups in total. The number of rotatable bonds is 6. The summed E-state index contributed by atoms with van der Waals surface area (Å²) in [6.45, 7) is 1.69. The van der Waals surface area contributed by atoms with Gasteiger partial charge in [-0.1, -0.05) is 36.9 Å². The van der Waals surface area contributed by atoms with Gasteiger partial charge in [-0.15, -0.1) is 0 Å². The summed E-state index contributed by atoms with van der Waals surface area (Å²) >= 11 is 5.78. The largest absolute Gasteiger partial charge is 0.351 e. The van der Waals surface area contributed by atoms with Gasteiger partial charge in [0.25, 0.3) is 5.91 Å². The second-order valence-electron chi connectivity index (χ2n) is 5.73. The van der Waals surface area contributed by atoms with E-state index in [4.69, 9.17) is 11.6 Å². The summed E-state index contributed by atoms with van der Waals surface area (Å²) in [4.78, 5) is 18.3. The summed E-state index contributed by atoms with van der Waals surface area (Å²) in [5, 5.41) is 3.24. The number of halogens is 1. The Morgan fingerprint density at radius 1 is 1.38 bits per heavy atom. The van der Waals surface area contributed by atoms with E-state index in [-0.39, 0.29) is 5.91 Å². The molecule has 5 heteroatoms. The molecule has 0 radical (unpaired) electrons. The number of nitrogens with zero attached hydrogens (tertiary/aromatic N) is 2. The lowest BCUT2D eigenvalue weighted by molar-refractivity contribution is 0.0945. The standard InChI is InChI=1S/C16H24ClN3O/c1-20(13-7-3-2-4-8-13)12-6-11-18-16(21)14-9-5-10-15(17)19-14/h5,9-10,13H,2-4,6-8,11-12H2,1H3,(H,18,21). The second kappa shape index (κ2) is 8.35. The fraction of sp³-hybridized carbons (Fsp3) is 0.625. The number of amides is 1. The first-order chi connectivity index (χ1) is 10.2. The van der Waals surface area contributed by atoms with Gasteiger partial charge in [0.1, 0.15) is 10.8 Å². The zero-order valence-electron chi connectivity index (χ0n) is 12.6. The van der Waals surface area contributed by atoms with E-state index in [0.717, 1.165) is 19.0 Å². The third kappa shape index (κ3) is 5.29. The number of carbonyl (C=O) groups excluding carboxylic acids is 1. The van der Waals surface area contributed by atoms with Crippen LogP contribution >= 0.6 is 11.6 Å². The van der Waals surface area contributed by atoms with Gasteiger partial charge in [-0.2, -0.15) is 0 Å². The third-order valence-corrected chi connectivity index (χ3v) is 4.33. The molecule has 0 bridgehead atoms. The molecular weight excluding hydrogens is 286 g/mol. The third-order valence-electron chi connectivity index (χ3n) is 4.12. The smallest absolute Gasteiger partial charge is 0.269 e. The van der Waals surface area contributed by atoms with Crippen molar-refractivity contribution < 1.29 is 4.79 Å². The molecule has 1 aliphatic rings. The number of hydrogen-bond acceptors (Lipinski definition) is 3. The van der Waals surface area contributed by atoms with Crippen molar-refractivity contribution in [1.29, 1.82) is 0 Å². The van der Waals surface area contributed by atoms with Crippen molar-refractivity contribution in [2.24, 2.45) is 0 Å².